The maximum atomic E-state index is 13.2. The highest BCUT2D eigenvalue weighted by atomic mass is 19.1. The third-order valence-electron chi connectivity index (χ3n) is 4.14. The third-order valence-corrected chi connectivity index (χ3v) is 4.14. The van der Waals surface area contributed by atoms with Crippen molar-refractivity contribution in [3.05, 3.63) is 35.4 Å². The van der Waals surface area contributed by atoms with Gasteiger partial charge in [0.25, 0.3) is 0 Å². The minimum Gasteiger partial charge on any atom is -0.321 e. The maximum Gasteiger partial charge on any atom is 0.126 e. The SMILES string of the molecule is CC1CCC(N)(c2cc(F)cc(F)c2)CC1C. The van der Waals surface area contributed by atoms with Gasteiger partial charge in [-0.25, -0.2) is 8.78 Å². The van der Waals surface area contributed by atoms with Crippen LogP contribution in [0.15, 0.2) is 18.2 Å². The topological polar surface area (TPSA) is 26.0 Å². The first-order chi connectivity index (χ1) is 7.90. The average molecular weight is 239 g/mol. The average Bonchev–Trinajstić information content (AvgIpc) is 2.23. The summed E-state index contributed by atoms with van der Waals surface area (Å²) in [5.74, 6) is 0.0253. The molecule has 1 aromatic rings. The van der Waals surface area contributed by atoms with Gasteiger partial charge in [0, 0.05) is 11.6 Å². The standard InChI is InChI=1S/C14H19F2N/c1-9-3-4-14(17,8-10(9)2)11-5-12(15)7-13(16)6-11/h5-7,9-10H,3-4,8,17H2,1-2H3. The number of benzene rings is 1. The molecule has 3 unspecified atom stereocenters. The molecular formula is C14H19F2N. The minimum atomic E-state index is -0.575. The molecule has 0 aliphatic heterocycles. The summed E-state index contributed by atoms with van der Waals surface area (Å²) in [6.07, 6.45) is 2.59. The van der Waals surface area contributed by atoms with Crippen LogP contribution in [0.1, 0.15) is 38.7 Å². The van der Waals surface area contributed by atoms with Crippen molar-refractivity contribution in [1.82, 2.24) is 0 Å². The molecule has 1 fully saturated rings. The van der Waals surface area contributed by atoms with Crippen LogP contribution in [0, 0.1) is 23.5 Å². The van der Waals surface area contributed by atoms with E-state index in [9.17, 15) is 8.78 Å². The molecule has 3 atom stereocenters. The lowest BCUT2D eigenvalue weighted by Crippen LogP contribution is -2.43. The lowest BCUT2D eigenvalue weighted by atomic mass is 9.69. The van der Waals surface area contributed by atoms with E-state index in [2.05, 4.69) is 13.8 Å². The summed E-state index contributed by atoms with van der Waals surface area (Å²) in [6, 6.07) is 3.62. The number of nitrogens with two attached hydrogens (primary N) is 1. The molecule has 0 bridgehead atoms. The Morgan fingerprint density at radius 1 is 1.12 bits per heavy atom. The van der Waals surface area contributed by atoms with Crippen LogP contribution in [-0.2, 0) is 5.54 Å². The number of rotatable bonds is 1. The molecule has 1 aliphatic rings. The van der Waals surface area contributed by atoms with E-state index in [1.807, 2.05) is 0 Å². The van der Waals surface area contributed by atoms with E-state index in [1.165, 1.54) is 12.1 Å². The van der Waals surface area contributed by atoms with Crippen LogP contribution in [0.2, 0.25) is 0 Å². The van der Waals surface area contributed by atoms with Crippen molar-refractivity contribution >= 4 is 0 Å². The largest absolute Gasteiger partial charge is 0.321 e. The van der Waals surface area contributed by atoms with E-state index in [1.54, 1.807) is 0 Å². The molecule has 0 heterocycles. The fourth-order valence-corrected chi connectivity index (χ4v) is 2.75. The Kier molecular flexibility index (Phi) is 3.21. The molecule has 1 aromatic carbocycles. The van der Waals surface area contributed by atoms with Crippen LogP contribution in [0.5, 0.6) is 0 Å². The van der Waals surface area contributed by atoms with Gasteiger partial charge < -0.3 is 5.73 Å². The van der Waals surface area contributed by atoms with Gasteiger partial charge in [-0.2, -0.15) is 0 Å². The van der Waals surface area contributed by atoms with Gasteiger partial charge in [-0.1, -0.05) is 13.8 Å². The Bertz CT molecular complexity index is 398. The number of hydrogen-bond donors (Lipinski definition) is 1. The number of hydrogen-bond acceptors (Lipinski definition) is 1. The van der Waals surface area contributed by atoms with Crippen molar-refractivity contribution in [1.29, 1.82) is 0 Å². The van der Waals surface area contributed by atoms with Gasteiger partial charge in [0.2, 0.25) is 0 Å². The van der Waals surface area contributed by atoms with Crippen LogP contribution < -0.4 is 5.73 Å². The van der Waals surface area contributed by atoms with Crippen LogP contribution in [0.3, 0.4) is 0 Å². The molecule has 0 spiro atoms. The summed E-state index contributed by atoms with van der Waals surface area (Å²) in [7, 11) is 0. The van der Waals surface area contributed by atoms with Gasteiger partial charge in [-0.15, -0.1) is 0 Å². The Balaban J connectivity index is 2.31. The molecule has 94 valence electrons. The predicted molar refractivity (Wildman–Crippen MR) is 64.4 cm³/mol. The van der Waals surface area contributed by atoms with Crippen molar-refractivity contribution in [2.75, 3.05) is 0 Å². The highest BCUT2D eigenvalue weighted by molar-refractivity contribution is 5.26. The van der Waals surface area contributed by atoms with Crippen molar-refractivity contribution in [3.63, 3.8) is 0 Å². The highest BCUT2D eigenvalue weighted by Crippen LogP contribution is 2.40. The minimum absolute atomic E-state index is 0.486. The smallest absolute Gasteiger partial charge is 0.126 e. The van der Waals surface area contributed by atoms with Crippen molar-refractivity contribution in [2.45, 2.75) is 38.6 Å². The lowest BCUT2D eigenvalue weighted by Gasteiger charge is -2.40. The third kappa shape index (κ3) is 2.49. The molecule has 0 amide bonds. The first-order valence-corrected chi connectivity index (χ1v) is 6.16. The van der Waals surface area contributed by atoms with Gasteiger partial charge in [-0.3, -0.25) is 0 Å². The molecule has 0 aromatic heterocycles. The van der Waals surface area contributed by atoms with Crippen LogP contribution in [-0.4, -0.2) is 0 Å². The summed E-state index contributed by atoms with van der Waals surface area (Å²) in [6.45, 7) is 4.36. The Morgan fingerprint density at radius 3 is 2.24 bits per heavy atom. The maximum absolute atomic E-state index is 13.2. The Hall–Kier alpha value is -0.960. The first-order valence-electron chi connectivity index (χ1n) is 6.16. The second kappa shape index (κ2) is 4.37. The fourth-order valence-electron chi connectivity index (χ4n) is 2.75. The highest BCUT2D eigenvalue weighted by Gasteiger charge is 2.36. The molecule has 0 saturated heterocycles. The van der Waals surface area contributed by atoms with Gasteiger partial charge in [0.15, 0.2) is 0 Å². The van der Waals surface area contributed by atoms with Crippen molar-refractivity contribution < 1.29 is 8.78 Å². The van der Waals surface area contributed by atoms with E-state index in [-0.39, 0.29) is 0 Å². The van der Waals surface area contributed by atoms with Gasteiger partial charge in [0.1, 0.15) is 11.6 Å². The zero-order valence-electron chi connectivity index (χ0n) is 10.3. The molecule has 0 radical (unpaired) electrons. The van der Waals surface area contributed by atoms with E-state index in [0.717, 1.165) is 25.3 Å². The zero-order valence-corrected chi connectivity index (χ0v) is 10.3. The fraction of sp³-hybridized carbons (Fsp3) is 0.571. The summed E-state index contributed by atoms with van der Waals surface area (Å²) in [5.41, 5.74) is 6.35. The van der Waals surface area contributed by atoms with Crippen molar-refractivity contribution in [3.8, 4) is 0 Å². The second-order valence-electron chi connectivity index (χ2n) is 5.51. The molecule has 1 aliphatic carbocycles. The summed E-state index contributed by atoms with van der Waals surface area (Å²) < 4.78 is 26.5. The molecule has 2 rings (SSSR count). The van der Waals surface area contributed by atoms with Gasteiger partial charge in [-0.05, 0) is 48.8 Å². The van der Waals surface area contributed by atoms with Crippen LogP contribution in [0.4, 0.5) is 8.78 Å². The summed E-state index contributed by atoms with van der Waals surface area (Å²) >= 11 is 0. The summed E-state index contributed by atoms with van der Waals surface area (Å²) in [5, 5.41) is 0. The summed E-state index contributed by atoms with van der Waals surface area (Å²) in [4.78, 5) is 0. The molecule has 2 N–H and O–H groups in total. The first kappa shape index (κ1) is 12.5. The monoisotopic (exact) mass is 239 g/mol. The van der Waals surface area contributed by atoms with Crippen LogP contribution >= 0.6 is 0 Å². The Morgan fingerprint density at radius 2 is 1.71 bits per heavy atom. The quantitative estimate of drug-likeness (QED) is 0.796. The molecule has 1 nitrogen and oxygen atoms in total. The van der Waals surface area contributed by atoms with E-state index in [4.69, 9.17) is 5.73 Å². The van der Waals surface area contributed by atoms with Gasteiger partial charge >= 0.3 is 0 Å². The van der Waals surface area contributed by atoms with E-state index < -0.39 is 17.2 Å². The molecule has 1 saturated carbocycles. The number of halogens is 2. The zero-order chi connectivity index (χ0) is 12.6. The van der Waals surface area contributed by atoms with Crippen molar-refractivity contribution in [2.24, 2.45) is 17.6 Å². The Labute approximate surface area is 101 Å². The normalized spacial score (nSPS) is 33.7. The molecule has 3 heteroatoms. The van der Waals surface area contributed by atoms with Crippen LogP contribution in [0.25, 0.3) is 0 Å². The lowest BCUT2D eigenvalue weighted by molar-refractivity contribution is 0.176. The molecule has 17 heavy (non-hydrogen) atoms. The second-order valence-corrected chi connectivity index (χ2v) is 5.51. The predicted octanol–water partition coefficient (Wildman–Crippen LogP) is 3.57. The van der Waals surface area contributed by atoms with Gasteiger partial charge in [0.05, 0.1) is 0 Å². The van der Waals surface area contributed by atoms with E-state index >= 15 is 0 Å². The van der Waals surface area contributed by atoms with E-state index in [0.29, 0.717) is 17.4 Å². The molecular weight excluding hydrogens is 220 g/mol.